The topological polar surface area (TPSA) is 65.1 Å². The molecule has 0 aromatic heterocycles. The fraction of sp³-hybridized carbons (Fsp3) is 0.778. The molecule has 3 heterocycles. The summed E-state index contributed by atoms with van der Waals surface area (Å²) in [6.45, 7) is 10.2. The van der Waals surface area contributed by atoms with Crippen LogP contribution in [0.15, 0.2) is 12.2 Å². The van der Waals surface area contributed by atoms with E-state index < -0.39 is 11.2 Å². The lowest BCUT2D eigenvalue weighted by molar-refractivity contribution is -0.150. The standard InChI is InChI=1S/C18H27NO5/c1-6-22-15(20)14-12-9-11(2)19(16(21)24-17(3,4)5)10-18(12)8-7-13(14)23-18/h7-8,11-14H,6,9-10H2,1-5H3/t11-,12?,13+,14+,18+/m0/s1. The number of hydrogen-bond acceptors (Lipinski definition) is 5. The first-order chi connectivity index (χ1) is 11.2. The minimum atomic E-state index is -0.592. The van der Waals surface area contributed by atoms with Gasteiger partial charge in [0.1, 0.15) is 11.2 Å². The van der Waals surface area contributed by atoms with Crippen molar-refractivity contribution in [2.45, 2.75) is 64.4 Å². The molecule has 0 saturated carbocycles. The van der Waals surface area contributed by atoms with E-state index in [9.17, 15) is 9.59 Å². The van der Waals surface area contributed by atoms with Crippen LogP contribution in [0.5, 0.6) is 0 Å². The van der Waals surface area contributed by atoms with E-state index in [0.29, 0.717) is 19.6 Å². The predicted molar refractivity (Wildman–Crippen MR) is 87.4 cm³/mol. The second-order valence-corrected chi connectivity index (χ2v) is 7.97. The summed E-state index contributed by atoms with van der Waals surface area (Å²) in [5.74, 6) is -0.435. The molecule has 2 fully saturated rings. The van der Waals surface area contributed by atoms with Gasteiger partial charge in [-0.25, -0.2) is 4.79 Å². The van der Waals surface area contributed by atoms with Crippen LogP contribution in [-0.2, 0) is 19.0 Å². The second kappa shape index (κ2) is 5.76. The summed E-state index contributed by atoms with van der Waals surface area (Å²) < 4.78 is 16.9. The Morgan fingerprint density at radius 2 is 2.08 bits per heavy atom. The third-order valence-electron chi connectivity index (χ3n) is 5.07. The Bertz CT molecular complexity index is 566. The quantitative estimate of drug-likeness (QED) is 0.572. The highest BCUT2D eigenvalue weighted by molar-refractivity contribution is 5.76. The number of likely N-dealkylation sites (tertiary alicyclic amines) is 1. The van der Waals surface area contributed by atoms with Crippen LogP contribution >= 0.6 is 0 Å². The minimum Gasteiger partial charge on any atom is -0.466 e. The minimum absolute atomic E-state index is 0.0104. The molecule has 2 bridgehead atoms. The molecule has 3 aliphatic rings. The highest BCUT2D eigenvalue weighted by Crippen LogP contribution is 2.52. The van der Waals surface area contributed by atoms with E-state index in [4.69, 9.17) is 14.2 Å². The van der Waals surface area contributed by atoms with Gasteiger partial charge in [-0.15, -0.1) is 0 Å². The van der Waals surface area contributed by atoms with Crippen molar-refractivity contribution >= 4 is 12.1 Å². The number of carbonyl (C=O) groups excluding carboxylic acids is 2. The third kappa shape index (κ3) is 2.81. The highest BCUT2D eigenvalue weighted by Gasteiger charge is 2.62. The molecular formula is C18H27NO5. The first-order valence-electron chi connectivity index (χ1n) is 8.70. The molecule has 0 aliphatic carbocycles. The third-order valence-corrected chi connectivity index (χ3v) is 5.07. The van der Waals surface area contributed by atoms with E-state index in [0.717, 1.165) is 0 Å². The van der Waals surface area contributed by atoms with Gasteiger partial charge >= 0.3 is 12.1 Å². The normalized spacial score (nSPS) is 37.3. The Morgan fingerprint density at radius 1 is 1.38 bits per heavy atom. The molecule has 1 unspecified atom stereocenters. The van der Waals surface area contributed by atoms with Crippen LogP contribution in [0, 0.1) is 11.8 Å². The largest absolute Gasteiger partial charge is 0.466 e. The van der Waals surface area contributed by atoms with Gasteiger partial charge in [-0.05, 0) is 41.0 Å². The van der Waals surface area contributed by atoms with Crippen LogP contribution in [0.2, 0.25) is 0 Å². The van der Waals surface area contributed by atoms with E-state index in [1.165, 1.54) is 0 Å². The number of nitrogens with zero attached hydrogens (tertiary/aromatic N) is 1. The van der Waals surface area contributed by atoms with Crippen molar-refractivity contribution in [3.8, 4) is 0 Å². The van der Waals surface area contributed by atoms with Crippen LogP contribution in [0.1, 0.15) is 41.0 Å². The molecule has 24 heavy (non-hydrogen) atoms. The fourth-order valence-corrected chi connectivity index (χ4v) is 4.10. The Balaban J connectivity index is 1.80. The van der Waals surface area contributed by atoms with Crippen LogP contribution in [0.3, 0.4) is 0 Å². The summed E-state index contributed by atoms with van der Waals surface area (Å²) in [6.07, 6.45) is 4.06. The number of carbonyl (C=O) groups is 2. The molecule has 6 nitrogen and oxygen atoms in total. The van der Waals surface area contributed by atoms with Crippen molar-refractivity contribution in [3.05, 3.63) is 12.2 Å². The van der Waals surface area contributed by atoms with Gasteiger partial charge in [0.15, 0.2) is 0 Å². The van der Waals surface area contributed by atoms with Gasteiger partial charge in [0.2, 0.25) is 0 Å². The maximum absolute atomic E-state index is 12.5. The molecule has 0 aromatic rings. The van der Waals surface area contributed by atoms with Crippen molar-refractivity contribution in [1.29, 1.82) is 0 Å². The molecule has 0 radical (unpaired) electrons. The lowest BCUT2D eigenvalue weighted by Gasteiger charge is -2.46. The number of amides is 1. The molecule has 5 atom stereocenters. The van der Waals surface area contributed by atoms with Gasteiger partial charge in [-0.1, -0.05) is 12.2 Å². The maximum atomic E-state index is 12.5. The zero-order valence-corrected chi connectivity index (χ0v) is 15.1. The van der Waals surface area contributed by atoms with E-state index in [1.54, 1.807) is 4.90 Å². The number of hydrogen-bond donors (Lipinski definition) is 0. The Hall–Kier alpha value is -1.56. The zero-order chi connectivity index (χ0) is 17.7. The molecule has 6 heteroatoms. The summed E-state index contributed by atoms with van der Waals surface area (Å²) >= 11 is 0. The first-order valence-corrected chi connectivity index (χ1v) is 8.70. The van der Waals surface area contributed by atoms with Gasteiger partial charge in [0.25, 0.3) is 0 Å². The summed E-state index contributed by atoms with van der Waals surface area (Å²) in [5.41, 5.74) is -1.13. The van der Waals surface area contributed by atoms with Gasteiger partial charge in [0, 0.05) is 12.0 Å². The lowest BCUT2D eigenvalue weighted by atomic mass is 9.70. The molecule has 0 aromatic carbocycles. The number of fused-ring (bicyclic) bond motifs is 1. The van der Waals surface area contributed by atoms with Crippen molar-refractivity contribution in [3.63, 3.8) is 0 Å². The summed E-state index contributed by atoms with van der Waals surface area (Å²) in [4.78, 5) is 26.6. The number of piperidine rings is 1. The lowest BCUT2D eigenvalue weighted by Crippen LogP contribution is -2.58. The van der Waals surface area contributed by atoms with Crippen LogP contribution in [0.4, 0.5) is 4.79 Å². The van der Waals surface area contributed by atoms with Crippen molar-refractivity contribution in [2.75, 3.05) is 13.2 Å². The fourth-order valence-electron chi connectivity index (χ4n) is 4.10. The number of esters is 1. The first kappa shape index (κ1) is 17.3. The van der Waals surface area contributed by atoms with Gasteiger partial charge in [0.05, 0.1) is 25.2 Å². The van der Waals surface area contributed by atoms with E-state index in [-0.39, 0.29) is 36.0 Å². The maximum Gasteiger partial charge on any atom is 0.410 e. The molecule has 134 valence electrons. The average molecular weight is 337 g/mol. The summed E-state index contributed by atoms with van der Waals surface area (Å²) in [7, 11) is 0. The molecule has 1 spiro atoms. The van der Waals surface area contributed by atoms with Gasteiger partial charge in [-0.3, -0.25) is 4.79 Å². The zero-order valence-electron chi connectivity index (χ0n) is 15.1. The Labute approximate surface area is 143 Å². The van der Waals surface area contributed by atoms with Crippen molar-refractivity contribution in [2.24, 2.45) is 11.8 Å². The predicted octanol–water partition coefficient (Wildman–Crippen LogP) is 2.52. The SMILES string of the molecule is CCOC(=O)[C@@H]1C2C[C@H](C)N(C(=O)OC(C)(C)C)C[C@]23C=C[C@H]1O3. The van der Waals surface area contributed by atoms with Crippen molar-refractivity contribution < 1.29 is 23.8 Å². The smallest absolute Gasteiger partial charge is 0.410 e. The van der Waals surface area contributed by atoms with Gasteiger partial charge in [-0.2, -0.15) is 0 Å². The molecule has 3 aliphatic heterocycles. The Morgan fingerprint density at radius 3 is 2.71 bits per heavy atom. The van der Waals surface area contributed by atoms with Crippen LogP contribution < -0.4 is 0 Å². The molecular weight excluding hydrogens is 310 g/mol. The van der Waals surface area contributed by atoms with Gasteiger partial charge < -0.3 is 19.1 Å². The number of rotatable bonds is 2. The van der Waals surface area contributed by atoms with Crippen molar-refractivity contribution in [1.82, 2.24) is 4.90 Å². The Kier molecular flexibility index (Phi) is 4.14. The molecule has 3 rings (SSSR count). The number of ether oxygens (including phenoxy) is 3. The molecule has 1 amide bonds. The van der Waals surface area contributed by atoms with Crippen LogP contribution in [-0.4, -0.2) is 53.5 Å². The second-order valence-electron chi connectivity index (χ2n) is 7.97. The molecule has 0 N–H and O–H groups in total. The van der Waals surface area contributed by atoms with E-state index in [1.807, 2.05) is 46.8 Å². The monoisotopic (exact) mass is 337 g/mol. The van der Waals surface area contributed by atoms with Crippen LogP contribution in [0.25, 0.3) is 0 Å². The average Bonchev–Trinajstić information content (AvgIpc) is 2.99. The molecule has 2 saturated heterocycles. The highest BCUT2D eigenvalue weighted by atomic mass is 16.6. The summed E-state index contributed by atoms with van der Waals surface area (Å²) in [5, 5.41) is 0. The summed E-state index contributed by atoms with van der Waals surface area (Å²) in [6, 6.07) is -0.0104. The van der Waals surface area contributed by atoms with E-state index in [2.05, 4.69) is 0 Å². The van der Waals surface area contributed by atoms with E-state index >= 15 is 0 Å².